The van der Waals surface area contributed by atoms with Crippen molar-refractivity contribution in [2.45, 2.75) is 6.54 Å². The van der Waals surface area contributed by atoms with E-state index >= 15 is 0 Å². The molecule has 0 unspecified atom stereocenters. The summed E-state index contributed by atoms with van der Waals surface area (Å²) in [4.78, 5) is 25.1. The van der Waals surface area contributed by atoms with Crippen LogP contribution in [0.1, 0.15) is 16.3 Å². The lowest BCUT2D eigenvalue weighted by Crippen LogP contribution is -2.26. The average Bonchev–Trinajstić information content (AvgIpc) is 3.16. The number of hydrogen-bond acceptors (Lipinski definition) is 2. The minimum Gasteiger partial charge on any atom is -0.351 e. The molecule has 2 aromatic heterocycles. The number of aromatic amines is 2. The van der Waals surface area contributed by atoms with Crippen LogP contribution in [-0.2, 0) is 6.54 Å². The SMILES string of the molecule is CN(Cc1nc2ccccc2[nH]1)C(=O)c1cc2cc(Cl)ccc2[nH]1. The summed E-state index contributed by atoms with van der Waals surface area (Å²) in [5.74, 6) is 0.661. The van der Waals surface area contributed by atoms with Crippen LogP contribution in [0.15, 0.2) is 48.5 Å². The number of nitrogens with zero attached hydrogens (tertiary/aromatic N) is 2. The van der Waals surface area contributed by atoms with Crippen molar-refractivity contribution in [3.63, 3.8) is 0 Å². The van der Waals surface area contributed by atoms with E-state index in [-0.39, 0.29) is 5.91 Å². The van der Waals surface area contributed by atoms with Crippen molar-refractivity contribution in [2.75, 3.05) is 7.05 Å². The lowest BCUT2D eigenvalue weighted by molar-refractivity contribution is 0.0777. The number of carbonyl (C=O) groups is 1. The second-order valence-corrected chi connectivity index (χ2v) is 6.21. The topological polar surface area (TPSA) is 64.8 Å². The third-order valence-electron chi connectivity index (χ3n) is 3.99. The molecule has 120 valence electrons. The Bertz CT molecular complexity index is 1020. The van der Waals surface area contributed by atoms with E-state index in [1.807, 2.05) is 42.5 Å². The van der Waals surface area contributed by atoms with Gasteiger partial charge in [0.15, 0.2) is 0 Å². The maximum absolute atomic E-state index is 12.6. The van der Waals surface area contributed by atoms with Crippen molar-refractivity contribution in [2.24, 2.45) is 0 Å². The van der Waals surface area contributed by atoms with Gasteiger partial charge < -0.3 is 14.9 Å². The maximum Gasteiger partial charge on any atom is 0.270 e. The van der Waals surface area contributed by atoms with E-state index < -0.39 is 0 Å². The summed E-state index contributed by atoms with van der Waals surface area (Å²) in [5.41, 5.74) is 3.29. The number of carbonyl (C=O) groups excluding carboxylic acids is 1. The molecule has 6 heteroatoms. The molecule has 4 aromatic rings. The molecule has 0 aliphatic heterocycles. The number of rotatable bonds is 3. The van der Waals surface area contributed by atoms with Gasteiger partial charge in [-0.3, -0.25) is 4.79 Å². The Morgan fingerprint density at radius 1 is 1.12 bits per heavy atom. The molecular formula is C18H15ClN4O. The molecule has 0 radical (unpaired) electrons. The summed E-state index contributed by atoms with van der Waals surface area (Å²) in [6.45, 7) is 0.406. The van der Waals surface area contributed by atoms with Crippen LogP contribution in [0.25, 0.3) is 21.9 Å². The Labute approximate surface area is 143 Å². The fourth-order valence-corrected chi connectivity index (χ4v) is 2.98. The van der Waals surface area contributed by atoms with Gasteiger partial charge in [0.1, 0.15) is 11.5 Å². The van der Waals surface area contributed by atoms with Gasteiger partial charge in [-0.25, -0.2) is 4.98 Å². The minimum absolute atomic E-state index is 0.0946. The second-order valence-electron chi connectivity index (χ2n) is 5.78. The predicted molar refractivity (Wildman–Crippen MR) is 95.2 cm³/mol. The Balaban J connectivity index is 1.58. The third-order valence-corrected chi connectivity index (χ3v) is 4.22. The molecule has 2 aromatic carbocycles. The van der Waals surface area contributed by atoms with Crippen molar-refractivity contribution >= 4 is 39.4 Å². The number of aromatic nitrogens is 3. The number of benzene rings is 2. The van der Waals surface area contributed by atoms with E-state index in [9.17, 15) is 4.79 Å². The minimum atomic E-state index is -0.0946. The lowest BCUT2D eigenvalue weighted by Gasteiger charge is -2.14. The van der Waals surface area contributed by atoms with Crippen LogP contribution in [0.2, 0.25) is 5.02 Å². The molecule has 0 saturated carbocycles. The van der Waals surface area contributed by atoms with Gasteiger partial charge in [-0.1, -0.05) is 23.7 Å². The van der Waals surface area contributed by atoms with E-state index in [0.29, 0.717) is 17.3 Å². The number of hydrogen-bond donors (Lipinski definition) is 2. The van der Waals surface area contributed by atoms with Gasteiger partial charge in [0, 0.05) is 23.0 Å². The number of fused-ring (bicyclic) bond motifs is 2. The highest BCUT2D eigenvalue weighted by Crippen LogP contribution is 2.21. The van der Waals surface area contributed by atoms with Gasteiger partial charge in [0.2, 0.25) is 0 Å². The van der Waals surface area contributed by atoms with Gasteiger partial charge >= 0.3 is 0 Å². The van der Waals surface area contributed by atoms with Gasteiger partial charge in [-0.2, -0.15) is 0 Å². The molecule has 0 fully saturated rings. The highest BCUT2D eigenvalue weighted by molar-refractivity contribution is 6.31. The first-order valence-electron chi connectivity index (χ1n) is 7.57. The van der Waals surface area contributed by atoms with Crippen molar-refractivity contribution in [3.05, 3.63) is 65.1 Å². The van der Waals surface area contributed by atoms with Crippen molar-refractivity contribution in [1.29, 1.82) is 0 Å². The van der Waals surface area contributed by atoms with Crippen LogP contribution in [0.5, 0.6) is 0 Å². The number of para-hydroxylation sites is 2. The first-order chi connectivity index (χ1) is 11.6. The van der Waals surface area contributed by atoms with Crippen LogP contribution >= 0.6 is 11.6 Å². The van der Waals surface area contributed by atoms with Gasteiger partial charge in [0.05, 0.1) is 17.6 Å². The number of nitrogens with one attached hydrogen (secondary N) is 2. The van der Waals surface area contributed by atoms with Crippen LogP contribution < -0.4 is 0 Å². The van der Waals surface area contributed by atoms with Crippen LogP contribution in [0, 0.1) is 0 Å². The summed E-state index contributed by atoms with van der Waals surface area (Å²) in [7, 11) is 1.76. The van der Waals surface area contributed by atoms with Gasteiger partial charge in [-0.15, -0.1) is 0 Å². The molecule has 0 aliphatic carbocycles. The Morgan fingerprint density at radius 2 is 1.96 bits per heavy atom. The summed E-state index contributed by atoms with van der Waals surface area (Å²) in [5, 5.41) is 1.57. The third kappa shape index (κ3) is 2.63. The van der Waals surface area contributed by atoms with E-state index in [4.69, 9.17) is 11.6 Å². The zero-order valence-electron chi connectivity index (χ0n) is 13.0. The fourth-order valence-electron chi connectivity index (χ4n) is 2.80. The predicted octanol–water partition coefficient (Wildman–Crippen LogP) is 3.97. The first-order valence-corrected chi connectivity index (χ1v) is 7.95. The standard InChI is InChI=1S/C18H15ClN4O/c1-23(10-17-21-14-4-2-3-5-15(14)22-17)18(24)16-9-11-8-12(19)6-7-13(11)20-16/h2-9,20H,10H2,1H3,(H,21,22). The molecule has 0 aliphatic rings. The summed E-state index contributed by atoms with van der Waals surface area (Å²) in [6.07, 6.45) is 0. The molecule has 4 rings (SSSR count). The molecule has 5 nitrogen and oxygen atoms in total. The normalized spacial score (nSPS) is 11.2. The highest BCUT2D eigenvalue weighted by atomic mass is 35.5. The molecule has 0 spiro atoms. The molecule has 2 N–H and O–H groups in total. The zero-order chi connectivity index (χ0) is 16.7. The Kier molecular flexibility index (Phi) is 3.50. The van der Waals surface area contributed by atoms with Crippen LogP contribution in [-0.4, -0.2) is 32.8 Å². The monoisotopic (exact) mass is 338 g/mol. The highest BCUT2D eigenvalue weighted by Gasteiger charge is 2.16. The Hall–Kier alpha value is -2.79. The quantitative estimate of drug-likeness (QED) is 0.593. The molecular weight excluding hydrogens is 324 g/mol. The fraction of sp³-hybridized carbons (Fsp3) is 0.111. The first kappa shape index (κ1) is 14.8. The largest absolute Gasteiger partial charge is 0.351 e. The Morgan fingerprint density at radius 3 is 2.79 bits per heavy atom. The van der Waals surface area contributed by atoms with Crippen LogP contribution in [0.3, 0.4) is 0 Å². The van der Waals surface area contributed by atoms with Crippen LogP contribution in [0.4, 0.5) is 0 Å². The molecule has 1 amide bonds. The second kappa shape index (κ2) is 5.69. The van der Waals surface area contributed by atoms with E-state index in [1.165, 1.54) is 0 Å². The lowest BCUT2D eigenvalue weighted by atomic mass is 10.2. The number of amides is 1. The molecule has 0 bridgehead atoms. The maximum atomic E-state index is 12.6. The summed E-state index contributed by atoms with van der Waals surface area (Å²) in [6, 6.07) is 15.1. The molecule has 0 saturated heterocycles. The van der Waals surface area contributed by atoms with Gasteiger partial charge in [-0.05, 0) is 36.4 Å². The smallest absolute Gasteiger partial charge is 0.270 e. The number of H-pyrrole nitrogens is 2. The van der Waals surface area contributed by atoms with Crippen molar-refractivity contribution in [1.82, 2.24) is 19.9 Å². The van der Waals surface area contributed by atoms with E-state index in [1.54, 1.807) is 18.0 Å². The average molecular weight is 339 g/mol. The van der Waals surface area contributed by atoms with E-state index in [0.717, 1.165) is 27.8 Å². The number of halogens is 1. The molecule has 0 atom stereocenters. The van der Waals surface area contributed by atoms with Gasteiger partial charge in [0.25, 0.3) is 5.91 Å². The summed E-state index contributed by atoms with van der Waals surface area (Å²) < 4.78 is 0. The zero-order valence-corrected chi connectivity index (χ0v) is 13.8. The molecule has 24 heavy (non-hydrogen) atoms. The van der Waals surface area contributed by atoms with E-state index in [2.05, 4.69) is 15.0 Å². The van der Waals surface area contributed by atoms with Crippen molar-refractivity contribution < 1.29 is 4.79 Å². The summed E-state index contributed by atoms with van der Waals surface area (Å²) >= 11 is 5.99. The van der Waals surface area contributed by atoms with Crippen molar-refractivity contribution in [3.8, 4) is 0 Å². The molecule has 2 heterocycles. The number of imidazole rings is 1.